The van der Waals surface area contributed by atoms with Crippen LogP contribution in [0.2, 0.25) is 0 Å². The Morgan fingerprint density at radius 2 is 1.64 bits per heavy atom. The lowest BCUT2D eigenvalue weighted by Crippen LogP contribution is -2.40. The first kappa shape index (κ1) is 17.4. The van der Waals surface area contributed by atoms with Gasteiger partial charge in [-0.05, 0) is 24.0 Å². The van der Waals surface area contributed by atoms with Gasteiger partial charge in [0.05, 0.1) is 18.2 Å². The highest BCUT2D eigenvalue weighted by Gasteiger charge is 2.13. The summed E-state index contributed by atoms with van der Waals surface area (Å²) >= 11 is 5.57. The number of aryl methyl sites for hydroxylation is 1. The molecule has 0 spiro atoms. The smallest absolute Gasteiger partial charge is 0.0825 e. The van der Waals surface area contributed by atoms with Crippen LogP contribution in [0.1, 0.15) is 50.2 Å². The molecule has 1 fully saturated rings. The van der Waals surface area contributed by atoms with Gasteiger partial charge >= 0.3 is 0 Å². The maximum absolute atomic E-state index is 5.57. The third kappa shape index (κ3) is 6.05. The van der Waals surface area contributed by atoms with Gasteiger partial charge in [-0.25, -0.2) is 0 Å². The van der Waals surface area contributed by atoms with Gasteiger partial charge in [-0.15, -0.1) is 0 Å². The monoisotopic (exact) mass is 319 g/mol. The highest BCUT2D eigenvalue weighted by molar-refractivity contribution is 7.80. The summed E-state index contributed by atoms with van der Waals surface area (Å²) < 4.78 is 5.38. The summed E-state index contributed by atoms with van der Waals surface area (Å²) in [7, 11) is 0. The minimum atomic E-state index is 0.803. The predicted octanol–water partition coefficient (Wildman–Crippen LogP) is 4.40. The van der Waals surface area contributed by atoms with Crippen LogP contribution in [0, 0.1) is 0 Å². The van der Waals surface area contributed by atoms with Gasteiger partial charge in [-0.2, -0.15) is 0 Å². The molecule has 0 N–H and O–H groups in total. The summed E-state index contributed by atoms with van der Waals surface area (Å²) in [6, 6.07) is 9.04. The van der Waals surface area contributed by atoms with Gasteiger partial charge in [0.2, 0.25) is 0 Å². The van der Waals surface area contributed by atoms with E-state index < -0.39 is 0 Å². The Kier molecular flexibility index (Phi) is 7.89. The predicted molar refractivity (Wildman–Crippen MR) is 97.6 cm³/mol. The van der Waals surface area contributed by atoms with Gasteiger partial charge < -0.3 is 9.64 Å². The van der Waals surface area contributed by atoms with Crippen LogP contribution in [-0.2, 0) is 17.6 Å². The highest BCUT2D eigenvalue weighted by Crippen LogP contribution is 2.12. The zero-order chi connectivity index (χ0) is 15.6. The van der Waals surface area contributed by atoms with E-state index in [-0.39, 0.29) is 0 Å². The average Bonchev–Trinajstić information content (AvgIpc) is 2.57. The summed E-state index contributed by atoms with van der Waals surface area (Å²) in [4.78, 5) is 3.33. The third-order valence-corrected chi connectivity index (χ3v) is 4.71. The summed E-state index contributed by atoms with van der Waals surface area (Å²) in [5.41, 5.74) is 2.78. The summed E-state index contributed by atoms with van der Waals surface area (Å²) in [5, 5.41) is 0. The van der Waals surface area contributed by atoms with Crippen LogP contribution >= 0.6 is 12.2 Å². The Labute approximate surface area is 140 Å². The van der Waals surface area contributed by atoms with Crippen LogP contribution in [0.5, 0.6) is 0 Å². The normalized spacial score (nSPS) is 15.0. The van der Waals surface area contributed by atoms with Crippen LogP contribution < -0.4 is 0 Å². The summed E-state index contributed by atoms with van der Waals surface area (Å²) in [6.45, 7) is 5.75. The van der Waals surface area contributed by atoms with Gasteiger partial charge in [0.1, 0.15) is 0 Å². The van der Waals surface area contributed by atoms with Crippen LogP contribution in [0.3, 0.4) is 0 Å². The molecule has 0 saturated carbocycles. The molecule has 2 nitrogen and oxygen atoms in total. The maximum atomic E-state index is 5.57. The zero-order valence-electron chi connectivity index (χ0n) is 13.9. The summed E-state index contributed by atoms with van der Waals surface area (Å²) in [6.07, 6.45) is 8.82. The molecule has 1 aromatic rings. The molecule has 0 unspecified atom stereocenters. The van der Waals surface area contributed by atoms with Gasteiger partial charge in [-0.1, -0.05) is 69.1 Å². The molecule has 0 aromatic heterocycles. The molecular weight excluding hydrogens is 290 g/mol. The van der Waals surface area contributed by atoms with Crippen molar-refractivity contribution in [1.29, 1.82) is 0 Å². The Balaban J connectivity index is 1.72. The number of hydrogen-bond acceptors (Lipinski definition) is 2. The van der Waals surface area contributed by atoms with Crippen molar-refractivity contribution >= 4 is 17.2 Å². The molecule has 122 valence electrons. The molecule has 1 aliphatic rings. The van der Waals surface area contributed by atoms with E-state index in [9.17, 15) is 0 Å². The Morgan fingerprint density at radius 3 is 2.32 bits per heavy atom. The molecular formula is C19H29NOS. The minimum Gasteiger partial charge on any atom is -0.378 e. The molecule has 1 aromatic carbocycles. The molecule has 1 heterocycles. The largest absolute Gasteiger partial charge is 0.378 e. The van der Waals surface area contributed by atoms with Crippen molar-refractivity contribution in [3.8, 4) is 0 Å². The first-order valence-corrected chi connectivity index (χ1v) is 9.13. The van der Waals surface area contributed by atoms with E-state index >= 15 is 0 Å². The van der Waals surface area contributed by atoms with E-state index in [4.69, 9.17) is 17.0 Å². The van der Waals surface area contributed by atoms with Gasteiger partial charge in [-0.3, -0.25) is 0 Å². The van der Waals surface area contributed by atoms with Crippen LogP contribution in [0.25, 0.3) is 0 Å². The number of rotatable bonds is 8. The van der Waals surface area contributed by atoms with Crippen molar-refractivity contribution < 1.29 is 4.74 Å². The fraction of sp³-hybridized carbons (Fsp3) is 0.632. The lowest BCUT2D eigenvalue weighted by molar-refractivity contribution is 0.0685. The third-order valence-electron chi connectivity index (χ3n) is 4.31. The van der Waals surface area contributed by atoms with Crippen molar-refractivity contribution in [1.82, 2.24) is 4.90 Å². The number of benzene rings is 1. The molecule has 3 heteroatoms. The molecule has 1 saturated heterocycles. The quantitative estimate of drug-likeness (QED) is 0.520. The van der Waals surface area contributed by atoms with Gasteiger partial charge in [0, 0.05) is 19.5 Å². The summed E-state index contributed by atoms with van der Waals surface area (Å²) in [5.74, 6) is 0. The highest BCUT2D eigenvalue weighted by atomic mass is 32.1. The SMILES string of the molecule is CCCCCCCc1ccc(CC(=S)N2CCOCC2)cc1. The van der Waals surface area contributed by atoms with E-state index in [0.29, 0.717) is 0 Å². The second-order valence-corrected chi connectivity index (χ2v) is 6.62. The molecule has 22 heavy (non-hydrogen) atoms. The number of hydrogen-bond donors (Lipinski definition) is 0. The van der Waals surface area contributed by atoms with Gasteiger partial charge in [0.25, 0.3) is 0 Å². The second-order valence-electron chi connectivity index (χ2n) is 6.15. The molecule has 0 atom stereocenters. The van der Waals surface area contributed by atoms with Crippen LogP contribution in [0.4, 0.5) is 0 Å². The van der Waals surface area contributed by atoms with Crippen molar-refractivity contribution in [2.24, 2.45) is 0 Å². The topological polar surface area (TPSA) is 12.5 Å². The molecule has 0 aliphatic carbocycles. The molecule has 0 radical (unpaired) electrons. The number of unbranched alkanes of at least 4 members (excludes halogenated alkanes) is 4. The van der Waals surface area contributed by atoms with E-state index in [1.165, 1.54) is 49.7 Å². The lowest BCUT2D eigenvalue weighted by Gasteiger charge is -2.29. The molecule has 1 aliphatic heterocycles. The second kappa shape index (κ2) is 9.96. The number of morpholine rings is 1. The molecule has 0 amide bonds. The number of ether oxygens (including phenoxy) is 1. The van der Waals surface area contributed by atoms with Crippen molar-refractivity contribution in [3.63, 3.8) is 0 Å². The van der Waals surface area contributed by atoms with E-state index in [1.807, 2.05) is 0 Å². The van der Waals surface area contributed by atoms with Crippen molar-refractivity contribution in [2.75, 3.05) is 26.3 Å². The molecule has 0 bridgehead atoms. The van der Waals surface area contributed by atoms with E-state index in [0.717, 1.165) is 37.7 Å². The first-order valence-electron chi connectivity index (χ1n) is 8.73. The lowest BCUT2D eigenvalue weighted by atomic mass is 10.0. The fourth-order valence-electron chi connectivity index (χ4n) is 2.86. The zero-order valence-corrected chi connectivity index (χ0v) is 14.7. The maximum Gasteiger partial charge on any atom is 0.0825 e. The fourth-order valence-corrected chi connectivity index (χ4v) is 3.20. The number of thiocarbonyl (C=S) groups is 1. The minimum absolute atomic E-state index is 0.803. The first-order chi connectivity index (χ1) is 10.8. The number of nitrogens with zero attached hydrogens (tertiary/aromatic N) is 1. The van der Waals surface area contributed by atoms with Crippen molar-refractivity contribution in [3.05, 3.63) is 35.4 Å². The van der Waals surface area contributed by atoms with Crippen LogP contribution in [-0.4, -0.2) is 36.2 Å². The standard InChI is InChI=1S/C19H29NOS/c1-2-3-4-5-6-7-17-8-10-18(11-9-17)16-19(22)20-12-14-21-15-13-20/h8-11H,2-7,12-16H2,1H3. The van der Waals surface area contributed by atoms with E-state index in [2.05, 4.69) is 36.1 Å². The Bertz CT molecular complexity index is 437. The Hall–Kier alpha value is -0.930. The Morgan fingerprint density at radius 1 is 1.00 bits per heavy atom. The molecule has 2 rings (SSSR count). The van der Waals surface area contributed by atoms with E-state index in [1.54, 1.807) is 0 Å². The van der Waals surface area contributed by atoms with Gasteiger partial charge in [0.15, 0.2) is 0 Å². The van der Waals surface area contributed by atoms with Crippen LogP contribution in [0.15, 0.2) is 24.3 Å². The average molecular weight is 320 g/mol. The van der Waals surface area contributed by atoms with Crippen molar-refractivity contribution in [2.45, 2.75) is 51.9 Å².